The lowest BCUT2D eigenvalue weighted by Crippen LogP contribution is -2.30. The Bertz CT molecular complexity index is 1320. The third-order valence-corrected chi connectivity index (χ3v) is 16.1. The fourth-order valence-corrected chi connectivity index (χ4v) is 10.8. The van der Waals surface area contributed by atoms with Crippen LogP contribution in [0, 0.1) is 0 Å². The minimum atomic E-state index is -0.781. The van der Waals surface area contributed by atoms with Gasteiger partial charge < -0.3 is 14.2 Å². The highest BCUT2D eigenvalue weighted by atomic mass is 16.6. The van der Waals surface area contributed by atoms with E-state index in [9.17, 15) is 14.4 Å². The zero-order valence-electron chi connectivity index (χ0n) is 53.4. The van der Waals surface area contributed by atoms with Crippen molar-refractivity contribution < 1.29 is 28.6 Å². The monoisotopic (exact) mass is 1110 g/mol. The first-order valence-electron chi connectivity index (χ1n) is 35.5. The lowest BCUT2D eigenvalue weighted by Gasteiger charge is -2.18. The van der Waals surface area contributed by atoms with Crippen molar-refractivity contribution in [1.82, 2.24) is 0 Å². The van der Waals surface area contributed by atoms with Crippen LogP contribution in [0.2, 0.25) is 0 Å². The normalized spacial score (nSPS) is 12.2. The summed E-state index contributed by atoms with van der Waals surface area (Å²) in [5.74, 6) is -0.881. The minimum Gasteiger partial charge on any atom is -0.462 e. The molecule has 0 bridgehead atoms. The summed E-state index contributed by atoms with van der Waals surface area (Å²) >= 11 is 0. The molecule has 0 rings (SSSR count). The van der Waals surface area contributed by atoms with Crippen LogP contribution in [0.15, 0.2) is 36.5 Å². The van der Waals surface area contributed by atoms with Crippen molar-refractivity contribution >= 4 is 17.9 Å². The molecule has 6 nitrogen and oxygen atoms in total. The summed E-state index contributed by atoms with van der Waals surface area (Å²) in [7, 11) is 0. The number of carbonyl (C=O) groups excluding carboxylic acids is 3. The van der Waals surface area contributed by atoms with Crippen molar-refractivity contribution in [2.24, 2.45) is 0 Å². The first-order valence-corrected chi connectivity index (χ1v) is 35.5. The van der Waals surface area contributed by atoms with E-state index in [1.165, 1.54) is 257 Å². The summed E-state index contributed by atoms with van der Waals surface area (Å²) in [6.45, 7) is 6.60. The maximum Gasteiger partial charge on any atom is 0.306 e. The Morgan fingerprint density at radius 2 is 0.481 bits per heavy atom. The van der Waals surface area contributed by atoms with E-state index in [1.54, 1.807) is 0 Å². The van der Waals surface area contributed by atoms with Crippen LogP contribution in [-0.4, -0.2) is 37.2 Å². The maximum absolute atomic E-state index is 12.9. The van der Waals surface area contributed by atoms with Gasteiger partial charge in [-0.3, -0.25) is 14.4 Å². The van der Waals surface area contributed by atoms with Crippen LogP contribution < -0.4 is 0 Å². The molecule has 0 N–H and O–H groups in total. The Hall–Kier alpha value is -2.37. The van der Waals surface area contributed by atoms with Gasteiger partial charge >= 0.3 is 17.9 Å². The fraction of sp³-hybridized carbons (Fsp3) is 0.877. The summed E-state index contributed by atoms with van der Waals surface area (Å²) in [5, 5.41) is 0. The molecule has 1 atom stereocenters. The van der Waals surface area contributed by atoms with E-state index in [0.29, 0.717) is 19.3 Å². The van der Waals surface area contributed by atoms with Gasteiger partial charge in [0.05, 0.1) is 0 Å². The van der Waals surface area contributed by atoms with Crippen molar-refractivity contribution in [2.45, 2.75) is 399 Å². The number of hydrogen-bond acceptors (Lipinski definition) is 6. The molecule has 0 radical (unpaired) electrons. The van der Waals surface area contributed by atoms with E-state index in [4.69, 9.17) is 14.2 Å². The molecule has 0 saturated heterocycles. The first-order chi connectivity index (χ1) is 39.0. The number of ether oxygens (including phenoxy) is 3. The zero-order chi connectivity index (χ0) is 57.1. The average Bonchev–Trinajstić information content (AvgIpc) is 3.45. The Morgan fingerprint density at radius 1 is 0.253 bits per heavy atom. The summed E-state index contributed by atoms with van der Waals surface area (Å²) in [6, 6.07) is 0. The van der Waals surface area contributed by atoms with Crippen LogP contribution in [0.1, 0.15) is 393 Å². The summed E-state index contributed by atoms with van der Waals surface area (Å²) in [6.07, 6.45) is 85.0. The fourth-order valence-electron chi connectivity index (χ4n) is 10.8. The molecule has 1 unspecified atom stereocenters. The molecular formula is C73H136O6. The number of rotatable bonds is 66. The summed E-state index contributed by atoms with van der Waals surface area (Å²) in [5.41, 5.74) is 0. The lowest BCUT2D eigenvalue weighted by atomic mass is 10.0. The smallest absolute Gasteiger partial charge is 0.306 e. The highest BCUT2D eigenvalue weighted by Crippen LogP contribution is 2.19. The predicted molar refractivity (Wildman–Crippen MR) is 344 cm³/mol. The molecule has 0 heterocycles. The van der Waals surface area contributed by atoms with Gasteiger partial charge in [0.15, 0.2) is 6.10 Å². The van der Waals surface area contributed by atoms with Crippen LogP contribution in [0.3, 0.4) is 0 Å². The van der Waals surface area contributed by atoms with Gasteiger partial charge in [0.2, 0.25) is 0 Å². The number of esters is 3. The van der Waals surface area contributed by atoms with Crippen LogP contribution in [-0.2, 0) is 28.6 Å². The average molecular weight is 1110 g/mol. The minimum absolute atomic E-state index is 0.0769. The molecule has 0 aliphatic heterocycles. The van der Waals surface area contributed by atoms with Crippen molar-refractivity contribution in [3.8, 4) is 0 Å². The van der Waals surface area contributed by atoms with Crippen LogP contribution in [0.4, 0.5) is 0 Å². The van der Waals surface area contributed by atoms with E-state index >= 15 is 0 Å². The second-order valence-electron chi connectivity index (χ2n) is 24.1. The zero-order valence-corrected chi connectivity index (χ0v) is 53.4. The second-order valence-corrected chi connectivity index (χ2v) is 24.1. The first kappa shape index (κ1) is 76.6. The van der Waals surface area contributed by atoms with Gasteiger partial charge in [-0.15, -0.1) is 0 Å². The Morgan fingerprint density at radius 3 is 0.772 bits per heavy atom. The summed E-state index contributed by atoms with van der Waals surface area (Å²) in [4.78, 5) is 38.2. The number of allylic oxidation sites excluding steroid dienone is 6. The molecule has 79 heavy (non-hydrogen) atoms. The Kier molecular flexibility index (Phi) is 66.1. The maximum atomic E-state index is 12.9. The number of unbranched alkanes of at least 4 members (excludes halogenated alkanes) is 49. The number of carbonyl (C=O) groups is 3. The van der Waals surface area contributed by atoms with E-state index in [-0.39, 0.29) is 31.1 Å². The highest BCUT2D eigenvalue weighted by Gasteiger charge is 2.19. The van der Waals surface area contributed by atoms with E-state index < -0.39 is 6.10 Å². The van der Waals surface area contributed by atoms with E-state index in [0.717, 1.165) is 96.3 Å². The lowest BCUT2D eigenvalue weighted by molar-refractivity contribution is -0.167. The molecule has 0 amide bonds. The molecule has 0 fully saturated rings. The van der Waals surface area contributed by atoms with Gasteiger partial charge in [-0.1, -0.05) is 340 Å². The molecule has 0 saturated carbocycles. The van der Waals surface area contributed by atoms with Gasteiger partial charge in [0.1, 0.15) is 13.2 Å². The topological polar surface area (TPSA) is 78.9 Å². The molecule has 0 aromatic heterocycles. The second kappa shape index (κ2) is 68.1. The number of hydrogen-bond donors (Lipinski definition) is 0. The third kappa shape index (κ3) is 66.3. The van der Waals surface area contributed by atoms with Crippen LogP contribution >= 0.6 is 0 Å². The molecule has 464 valence electrons. The van der Waals surface area contributed by atoms with Crippen LogP contribution in [0.25, 0.3) is 0 Å². The predicted octanol–water partition coefficient (Wildman–Crippen LogP) is 24.3. The third-order valence-electron chi connectivity index (χ3n) is 16.1. The Balaban J connectivity index is 3.99. The van der Waals surface area contributed by atoms with Gasteiger partial charge in [0.25, 0.3) is 0 Å². The molecule has 0 aromatic carbocycles. The Labute approximate surface area is 493 Å². The quantitative estimate of drug-likeness (QED) is 0.0261. The largest absolute Gasteiger partial charge is 0.462 e. The summed E-state index contributed by atoms with van der Waals surface area (Å²) < 4.78 is 16.9. The van der Waals surface area contributed by atoms with Crippen molar-refractivity contribution in [2.75, 3.05) is 13.2 Å². The molecule has 0 aromatic rings. The van der Waals surface area contributed by atoms with Gasteiger partial charge in [0, 0.05) is 19.3 Å². The van der Waals surface area contributed by atoms with Gasteiger partial charge in [-0.05, 0) is 70.6 Å². The van der Waals surface area contributed by atoms with E-state index in [2.05, 4.69) is 57.2 Å². The van der Waals surface area contributed by atoms with Crippen molar-refractivity contribution in [3.05, 3.63) is 36.5 Å². The van der Waals surface area contributed by atoms with Gasteiger partial charge in [-0.2, -0.15) is 0 Å². The SMILES string of the molecule is CCC/C=C\CCCCCCCC(=O)OCC(COC(=O)CCCCCCCCCCCCCCCCCCCCCCCCCCCCCCCCCCCCC)OC(=O)CCCCCCC/C=C\C/C=C\CCCCCC. The standard InChI is InChI=1S/C73H136O6/c1-4-7-10-13-16-19-22-24-26-28-29-30-31-32-33-34-35-36-37-38-39-40-41-42-43-44-45-46-48-49-51-54-57-60-63-66-72(75)78-69-70(68-77-71(74)65-62-59-56-53-21-18-15-12-9-6-3)79-73(76)67-64-61-58-55-52-50-47-27-25-23-20-17-14-11-8-5-2/h12,15,20,23,27,47,70H,4-11,13-14,16-19,21-22,24-26,28-46,48-69H2,1-3H3/b15-12-,23-20-,47-27-. The molecular weight excluding hydrogens is 973 g/mol. The molecule has 6 heteroatoms. The molecule has 0 aliphatic rings. The van der Waals surface area contributed by atoms with Crippen LogP contribution in [0.5, 0.6) is 0 Å². The highest BCUT2D eigenvalue weighted by molar-refractivity contribution is 5.71. The van der Waals surface area contributed by atoms with Gasteiger partial charge in [-0.25, -0.2) is 0 Å². The van der Waals surface area contributed by atoms with Crippen molar-refractivity contribution in [1.29, 1.82) is 0 Å². The molecule has 0 aliphatic carbocycles. The van der Waals surface area contributed by atoms with E-state index in [1.807, 2.05) is 0 Å². The van der Waals surface area contributed by atoms with Crippen molar-refractivity contribution in [3.63, 3.8) is 0 Å². The molecule has 0 spiro atoms.